The number of rotatable bonds is 8. The third-order valence-electron chi connectivity index (χ3n) is 3.66. The van der Waals surface area contributed by atoms with Gasteiger partial charge in [-0.2, -0.15) is 4.99 Å². The Balaban J connectivity index is 2.12. The maximum absolute atomic E-state index is 10.9. The summed E-state index contributed by atoms with van der Waals surface area (Å²) < 4.78 is 0. The van der Waals surface area contributed by atoms with Gasteiger partial charge < -0.3 is 21.7 Å². The number of nitrogens with zero attached hydrogens (tertiary/aromatic N) is 3. The maximum atomic E-state index is 10.9. The molecule has 29 heavy (non-hydrogen) atoms. The molecule has 8 nitrogen and oxygen atoms in total. The minimum Gasteiger partial charge on any atom is -0.383 e. The number of nitrogens with one attached hydrogen (secondary N) is 3. The molecule has 2 aromatic rings. The van der Waals surface area contributed by atoms with Gasteiger partial charge in [-0.25, -0.2) is 4.99 Å². The summed E-state index contributed by atoms with van der Waals surface area (Å²) in [5, 5.41) is 9.66. The van der Waals surface area contributed by atoms with Crippen molar-refractivity contribution in [3.8, 4) is 0 Å². The highest BCUT2D eigenvalue weighted by Crippen LogP contribution is 2.16. The zero-order chi connectivity index (χ0) is 21.1. The van der Waals surface area contributed by atoms with Crippen LogP contribution < -0.4 is 21.7 Å². The van der Waals surface area contributed by atoms with Crippen molar-refractivity contribution in [2.75, 3.05) is 23.7 Å². The number of halogens is 1. The van der Waals surface area contributed by atoms with Crippen LogP contribution in [0.15, 0.2) is 65.5 Å². The average Bonchev–Trinajstić information content (AvgIpc) is 2.68. The van der Waals surface area contributed by atoms with Gasteiger partial charge in [0.2, 0.25) is 11.9 Å². The topological polar surface area (TPSA) is 117 Å². The van der Waals surface area contributed by atoms with Crippen molar-refractivity contribution in [2.45, 2.75) is 13.3 Å². The molecule has 0 radical (unpaired) electrons. The average molecular weight is 414 g/mol. The lowest BCUT2D eigenvalue weighted by Gasteiger charge is -2.12. The monoisotopic (exact) mass is 413 g/mol. The summed E-state index contributed by atoms with van der Waals surface area (Å²) >= 11 is 6.02. The zero-order valence-electron chi connectivity index (χ0n) is 16.2. The van der Waals surface area contributed by atoms with Crippen LogP contribution in [0.5, 0.6) is 0 Å². The Morgan fingerprint density at radius 1 is 1.34 bits per heavy atom. The van der Waals surface area contributed by atoms with Gasteiger partial charge in [-0.15, -0.1) is 0 Å². The van der Waals surface area contributed by atoms with E-state index in [1.54, 1.807) is 30.6 Å². The number of hydrogen-bond acceptors (Lipinski definition) is 4. The summed E-state index contributed by atoms with van der Waals surface area (Å²) in [5.41, 5.74) is 8.37. The van der Waals surface area contributed by atoms with E-state index in [2.05, 4.69) is 37.5 Å². The molecule has 0 fully saturated rings. The highest BCUT2D eigenvalue weighted by atomic mass is 35.5. The van der Waals surface area contributed by atoms with E-state index in [1.807, 2.05) is 12.1 Å². The molecule has 0 saturated carbocycles. The Morgan fingerprint density at radius 3 is 2.90 bits per heavy atom. The van der Waals surface area contributed by atoms with Crippen LogP contribution in [0.3, 0.4) is 0 Å². The number of pyridine rings is 1. The number of hydrogen-bond donors (Lipinski definition) is 4. The van der Waals surface area contributed by atoms with Gasteiger partial charge in [0.25, 0.3) is 0 Å². The second-order valence-corrected chi connectivity index (χ2v) is 6.39. The van der Waals surface area contributed by atoms with E-state index in [0.29, 0.717) is 23.7 Å². The van der Waals surface area contributed by atoms with Crippen molar-refractivity contribution in [1.82, 2.24) is 10.3 Å². The number of carbonyl (C=O) groups is 1. The summed E-state index contributed by atoms with van der Waals surface area (Å²) in [5.74, 6) is 0.477. The SMILES string of the molecule is C=CN=C(N=C(N)c1ccncc1NCCCNC(C)=O)Nc1cccc(Cl)c1. The minimum atomic E-state index is -0.0512. The lowest BCUT2D eigenvalue weighted by Crippen LogP contribution is -2.24. The highest BCUT2D eigenvalue weighted by Gasteiger charge is 2.08. The first-order valence-corrected chi connectivity index (χ1v) is 9.35. The number of nitrogens with two attached hydrogens (primary N) is 1. The lowest BCUT2D eigenvalue weighted by molar-refractivity contribution is -0.118. The van der Waals surface area contributed by atoms with E-state index in [-0.39, 0.29) is 17.7 Å². The molecular formula is C20H24ClN7O. The second-order valence-electron chi connectivity index (χ2n) is 5.95. The molecule has 152 valence electrons. The number of carbonyl (C=O) groups excluding carboxylic acids is 1. The first-order chi connectivity index (χ1) is 14.0. The van der Waals surface area contributed by atoms with Gasteiger partial charge in [-0.05, 0) is 30.7 Å². The van der Waals surface area contributed by atoms with Gasteiger partial charge in [-0.1, -0.05) is 24.2 Å². The van der Waals surface area contributed by atoms with E-state index in [1.165, 1.54) is 13.1 Å². The predicted molar refractivity (Wildman–Crippen MR) is 119 cm³/mol. The van der Waals surface area contributed by atoms with Crippen molar-refractivity contribution < 1.29 is 4.79 Å². The van der Waals surface area contributed by atoms with Crippen LogP contribution in [0.1, 0.15) is 18.9 Å². The number of amidine groups is 1. The van der Waals surface area contributed by atoms with Crippen molar-refractivity contribution in [2.24, 2.45) is 15.7 Å². The molecule has 1 aromatic carbocycles. The highest BCUT2D eigenvalue weighted by molar-refractivity contribution is 6.31. The van der Waals surface area contributed by atoms with Crippen LogP contribution in [0.4, 0.5) is 11.4 Å². The molecule has 1 aromatic heterocycles. The second kappa shape index (κ2) is 11.5. The molecule has 0 aliphatic carbocycles. The maximum Gasteiger partial charge on any atom is 0.229 e. The number of benzene rings is 1. The van der Waals surface area contributed by atoms with E-state index in [4.69, 9.17) is 17.3 Å². The molecule has 0 atom stereocenters. The van der Waals surface area contributed by atoms with Crippen LogP contribution in [0.25, 0.3) is 0 Å². The normalized spacial score (nSPS) is 11.7. The number of aliphatic imine (C=N–C) groups is 2. The van der Waals surface area contributed by atoms with Gasteiger partial charge in [0.15, 0.2) is 0 Å². The smallest absolute Gasteiger partial charge is 0.229 e. The Kier molecular flexibility index (Phi) is 8.65. The zero-order valence-corrected chi connectivity index (χ0v) is 16.9. The Bertz CT molecular complexity index is 911. The van der Waals surface area contributed by atoms with Gasteiger partial charge in [0.05, 0.1) is 11.9 Å². The Morgan fingerprint density at radius 2 is 2.17 bits per heavy atom. The molecule has 0 aliphatic rings. The van der Waals surface area contributed by atoms with Crippen molar-refractivity contribution in [3.63, 3.8) is 0 Å². The number of aromatic nitrogens is 1. The fourth-order valence-corrected chi connectivity index (χ4v) is 2.57. The van der Waals surface area contributed by atoms with Crippen LogP contribution in [0.2, 0.25) is 5.02 Å². The van der Waals surface area contributed by atoms with Crippen LogP contribution >= 0.6 is 11.6 Å². The van der Waals surface area contributed by atoms with Gasteiger partial charge in [0.1, 0.15) is 5.84 Å². The van der Waals surface area contributed by atoms with E-state index in [0.717, 1.165) is 17.8 Å². The Hall–Kier alpha value is -3.39. The molecule has 5 N–H and O–H groups in total. The quantitative estimate of drug-likeness (QED) is 0.301. The van der Waals surface area contributed by atoms with E-state index < -0.39 is 0 Å². The molecule has 0 aliphatic heterocycles. The van der Waals surface area contributed by atoms with Gasteiger partial charge in [-0.3, -0.25) is 9.78 Å². The summed E-state index contributed by atoms with van der Waals surface area (Å²) in [7, 11) is 0. The van der Waals surface area contributed by atoms with Gasteiger partial charge >= 0.3 is 0 Å². The summed E-state index contributed by atoms with van der Waals surface area (Å²) in [6.45, 7) is 6.33. The summed E-state index contributed by atoms with van der Waals surface area (Å²) in [6.07, 6.45) is 5.43. The molecular weight excluding hydrogens is 390 g/mol. The van der Waals surface area contributed by atoms with Crippen molar-refractivity contribution in [3.05, 3.63) is 66.1 Å². The fourth-order valence-electron chi connectivity index (χ4n) is 2.38. The first kappa shape index (κ1) is 21.9. The predicted octanol–water partition coefficient (Wildman–Crippen LogP) is 2.99. The number of anilines is 2. The van der Waals surface area contributed by atoms with Crippen molar-refractivity contribution in [1.29, 1.82) is 0 Å². The molecule has 0 unspecified atom stereocenters. The molecule has 0 spiro atoms. The number of amides is 1. The molecule has 0 bridgehead atoms. The Labute approximate surface area is 175 Å². The third kappa shape index (κ3) is 7.63. The first-order valence-electron chi connectivity index (χ1n) is 8.97. The van der Waals surface area contributed by atoms with Crippen LogP contribution in [0, 0.1) is 0 Å². The van der Waals surface area contributed by atoms with E-state index in [9.17, 15) is 4.79 Å². The standard InChI is InChI=1S/C20H24ClN7O/c1-3-24-20(27-16-7-4-6-15(21)12-16)28-19(22)17-8-11-23-13-18(17)26-10-5-9-25-14(2)29/h3-4,6-8,11-13,26H,1,5,9-10H2,2H3,(H,25,29)(H3,22,24,27,28). The largest absolute Gasteiger partial charge is 0.383 e. The molecule has 1 heterocycles. The molecule has 0 saturated heterocycles. The minimum absolute atomic E-state index is 0.0512. The molecule has 1 amide bonds. The van der Waals surface area contributed by atoms with Gasteiger partial charge in [0, 0.05) is 48.7 Å². The molecule has 2 rings (SSSR count). The van der Waals surface area contributed by atoms with Crippen LogP contribution in [-0.4, -0.2) is 35.8 Å². The molecule has 9 heteroatoms. The third-order valence-corrected chi connectivity index (χ3v) is 3.90. The summed E-state index contributed by atoms with van der Waals surface area (Å²) in [6, 6.07) is 8.94. The van der Waals surface area contributed by atoms with E-state index >= 15 is 0 Å². The van der Waals surface area contributed by atoms with Crippen molar-refractivity contribution >= 4 is 40.7 Å². The number of guanidine groups is 1. The van der Waals surface area contributed by atoms with Crippen LogP contribution in [-0.2, 0) is 4.79 Å². The summed E-state index contributed by atoms with van der Waals surface area (Å²) in [4.78, 5) is 23.6. The fraction of sp³-hybridized carbons (Fsp3) is 0.200. The lowest BCUT2D eigenvalue weighted by atomic mass is 10.2.